The molecular weight excluding hydrogens is 240 g/mol. The summed E-state index contributed by atoms with van der Waals surface area (Å²) in [7, 11) is 1.92. The Morgan fingerprint density at radius 1 is 1.44 bits per heavy atom. The molecule has 0 radical (unpaired) electrons. The highest BCUT2D eigenvalue weighted by Gasteiger charge is 2.11. The molecule has 0 N–H and O–H groups in total. The van der Waals surface area contributed by atoms with Crippen LogP contribution in [0.3, 0.4) is 0 Å². The van der Waals surface area contributed by atoms with E-state index in [-0.39, 0.29) is 0 Å². The SMILES string of the molecule is CN(CC#N)Cc1sc2ccccc2c1Cl. The highest BCUT2D eigenvalue weighted by atomic mass is 35.5. The molecule has 0 aliphatic heterocycles. The molecule has 0 amide bonds. The van der Waals surface area contributed by atoms with Crippen LogP contribution in [0.4, 0.5) is 0 Å². The Bertz CT molecular complexity index is 541. The fourth-order valence-corrected chi connectivity index (χ4v) is 3.16. The lowest BCUT2D eigenvalue weighted by atomic mass is 10.2. The fraction of sp³-hybridized carbons (Fsp3) is 0.250. The molecule has 0 saturated heterocycles. The Morgan fingerprint density at radius 2 is 2.19 bits per heavy atom. The highest BCUT2D eigenvalue weighted by molar-refractivity contribution is 7.19. The third-order valence-corrected chi connectivity index (χ3v) is 4.05. The van der Waals surface area contributed by atoms with Gasteiger partial charge in [0.25, 0.3) is 0 Å². The first-order chi connectivity index (χ1) is 7.72. The molecule has 0 aliphatic rings. The number of rotatable bonds is 3. The zero-order valence-corrected chi connectivity index (χ0v) is 10.5. The third kappa shape index (κ3) is 2.19. The Morgan fingerprint density at radius 3 is 2.88 bits per heavy atom. The summed E-state index contributed by atoms with van der Waals surface area (Å²) >= 11 is 8.00. The smallest absolute Gasteiger partial charge is 0.0866 e. The molecule has 2 aromatic rings. The van der Waals surface area contributed by atoms with Crippen molar-refractivity contribution in [2.45, 2.75) is 6.54 Å². The standard InChI is InChI=1S/C12H11ClN2S/c1-15(7-6-14)8-11-12(13)9-4-2-3-5-10(9)16-11/h2-5H,7-8H2,1H3. The van der Waals surface area contributed by atoms with E-state index in [9.17, 15) is 0 Å². The molecule has 0 atom stereocenters. The molecule has 0 aliphatic carbocycles. The van der Waals surface area contributed by atoms with Crippen LogP contribution in [0.5, 0.6) is 0 Å². The van der Waals surface area contributed by atoms with Crippen molar-refractivity contribution in [1.82, 2.24) is 4.90 Å². The van der Waals surface area contributed by atoms with Crippen LogP contribution < -0.4 is 0 Å². The monoisotopic (exact) mass is 250 g/mol. The number of thiophene rings is 1. The number of hydrogen-bond acceptors (Lipinski definition) is 3. The van der Waals surface area contributed by atoms with E-state index in [0.29, 0.717) is 6.54 Å². The molecule has 2 rings (SSSR count). The van der Waals surface area contributed by atoms with Gasteiger partial charge in [0.1, 0.15) is 0 Å². The van der Waals surface area contributed by atoms with Gasteiger partial charge in [-0.05, 0) is 13.1 Å². The van der Waals surface area contributed by atoms with Crippen molar-refractivity contribution in [3.63, 3.8) is 0 Å². The van der Waals surface area contributed by atoms with Crippen LogP contribution in [-0.4, -0.2) is 18.5 Å². The van der Waals surface area contributed by atoms with Crippen molar-refractivity contribution < 1.29 is 0 Å². The van der Waals surface area contributed by atoms with E-state index in [2.05, 4.69) is 12.1 Å². The van der Waals surface area contributed by atoms with E-state index >= 15 is 0 Å². The summed E-state index contributed by atoms with van der Waals surface area (Å²) in [6.07, 6.45) is 0. The summed E-state index contributed by atoms with van der Waals surface area (Å²) in [5.41, 5.74) is 0. The van der Waals surface area contributed by atoms with Gasteiger partial charge in [0.15, 0.2) is 0 Å². The number of hydrogen-bond donors (Lipinski definition) is 0. The van der Waals surface area contributed by atoms with Gasteiger partial charge in [-0.1, -0.05) is 29.8 Å². The van der Waals surface area contributed by atoms with Crippen molar-refractivity contribution in [1.29, 1.82) is 5.26 Å². The van der Waals surface area contributed by atoms with Gasteiger partial charge in [0, 0.05) is 21.5 Å². The van der Waals surface area contributed by atoms with Gasteiger partial charge in [-0.15, -0.1) is 11.3 Å². The van der Waals surface area contributed by atoms with E-state index in [1.807, 2.05) is 30.1 Å². The summed E-state index contributed by atoms with van der Waals surface area (Å²) in [6, 6.07) is 10.2. The molecule has 1 heterocycles. The van der Waals surface area contributed by atoms with Crippen LogP contribution >= 0.6 is 22.9 Å². The van der Waals surface area contributed by atoms with E-state index in [4.69, 9.17) is 16.9 Å². The highest BCUT2D eigenvalue weighted by Crippen LogP contribution is 2.35. The van der Waals surface area contributed by atoms with Gasteiger partial charge in [0.05, 0.1) is 17.6 Å². The zero-order valence-electron chi connectivity index (χ0n) is 8.90. The number of nitrogens with zero attached hydrogens (tertiary/aromatic N) is 2. The lowest BCUT2D eigenvalue weighted by molar-refractivity contribution is 0.371. The number of benzene rings is 1. The molecule has 0 saturated carbocycles. The quantitative estimate of drug-likeness (QED) is 0.780. The average molecular weight is 251 g/mol. The maximum atomic E-state index is 8.60. The van der Waals surface area contributed by atoms with Crippen molar-refractivity contribution in [2.24, 2.45) is 0 Å². The third-order valence-electron chi connectivity index (χ3n) is 2.36. The molecule has 16 heavy (non-hydrogen) atoms. The summed E-state index contributed by atoms with van der Waals surface area (Å²) in [5.74, 6) is 0. The summed E-state index contributed by atoms with van der Waals surface area (Å²) in [5, 5.41) is 10.5. The van der Waals surface area contributed by atoms with Crippen molar-refractivity contribution in [3.8, 4) is 6.07 Å². The van der Waals surface area contributed by atoms with Crippen molar-refractivity contribution >= 4 is 33.0 Å². The van der Waals surface area contributed by atoms with Crippen molar-refractivity contribution in [3.05, 3.63) is 34.2 Å². The Labute approximate surface area is 104 Å². The van der Waals surface area contributed by atoms with Crippen LogP contribution in [-0.2, 0) is 6.54 Å². The topological polar surface area (TPSA) is 27.0 Å². The summed E-state index contributed by atoms with van der Waals surface area (Å²) in [4.78, 5) is 3.08. The molecule has 1 aromatic heterocycles. The minimum absolute atomic E-state index is 0.421. The maximum Gasteiger partial charge on any atom is 0.0866 e. The van der Waals surface area contributed by atoms with Crippen LogP contribution in [0, 0.1) is 11.3 Å². The first kappa shape index (κ1) is 11.4. The normalized spacial score (nSPS) is 10.9. The van der Waals surface area contributed by atoms with Crippen molar-refractivity contribution in [2.75, 3.05) is 13.6 Å². The summed E-state index contributed by atoms with van der Waals surface area (Å²) < 4.78 is 1.20. The minimum atomic E-state index is 0.421. The zero-order chi connectivity index (χ0) is 11.5. The van der Waals surface area contributed by atoms with Gasteiger partial charge >= 0.3 is 0 Å². The second-order valence-electron chi connectivity index (χ2n) is 3.67. The molecule has 0 fully saturated rings. The predicted octanol–water partition coefficient (Wildman–Crippen LogP) is 3.51. The minimum Gasteiger partial charge on any atom is -0.288 e. The molecule has 0 unspecified atom stereocenters. The fourth-order valence-electron chi connectivity index (χ4n) is 1.59. The van der Waals surface area contributed by atoms with E-state index < -0.39 is 0 Å². The molecule has 82 valence electrons. The van der Waals surface area contributed by atoms with Crippen LogP contribution in [0.2, 0.25) is 5.02 Å². The molecule has 1 aromatic carbocycles. The van der Waals surface area contributed by atoms with Gasteiger partial charge in [-0.2, -0.15) is 5.26 Å². The molecule has 4 heteroatoms. The van der Waals surface area contributed by atoms with E-state index in [0.717, 1.165) is 21.8 Å². The molecular formula is C12H11ClN2S. The van der Waals surface area contributed by atoms with Gasteiger partial charge in [-0.25, -0.2) is 0 Å². The van der Waals surface area contributed by atoms with E-state index in [1.165, 1.54) is 4.70 Å². The number of fused-ring (bicyclic) bond motifs is 1. The number of halogens is 1. The predicted molar refractivity (Wildman–Crippen MR) is 68.8 cm³/mol. The first-order valence-corrected chi connectivity index (χ1v) is 6.13. The molecule has 2 nitrogen and oxygen atoms in total. The Balaban J connectivity index is 2.32. The van der Waals surface area contributed by atoms with Crippen LogP contribution in [0.1, 0.15) is 4.88 Å². The first-order valence-electron chi connectivity index (χ1n) is 4.93. The molecule has 0 bridgehead atoms. The van der Waals surface area contributed by atoms with Crippen LogP contribution in [0.25, 0.3) is 10.1 Å². The number of nitriles is 1. The second kappa shape index (κ2) is 4.84. The molecule has 0 spiro atoms. The van der Waals surface area contributed by atoms with Gasteiger partial charge in [-0.3, -0.25) is 4.90 Å². The van der Waals surface area contributed by atoms with Gasteiger partial charge in [0.2, 0.25) is 0 Å². The second-order valence-corrected chi connectivity index (χ2v) is 5.18. The van der Waals surface area contributed by atoms with E-state index in [1.54, 1.807) is 11.3 Å². The Hall–Kier alpha value is -1.08. The average Bonchev–Trinajstić information content (AvgIpc) is 2.57. The lowest BCUT2D eigenvalue weighted by Crippen LogP contribution is -2.17. The maximum absolute atomic E-state index is 8.60. The summed E-state index contributed by atoms with van der Waals surface area (Å²) in [6.45, 7) is 1.15. The lowest BCUT2D eigenvalue weighted by Gasteiger charge is -2.10. The van der Waals surface area contributed by atoms with Gasteiger partial charge < -0.3 is 0 Å². The largest absolute Gasteiger partial charge is 0.288 e. The Kier molecular flexibility index (Phi) is 3.45. The van der Waals surface area contributed by atoms with Crippen LogP contribution in [0.15, 0.2) is 24.3 Å².